The highest BCUT2D eigenvalue weighted by Crippen LogP contribution is 2.37. The molecule has 0 saturated carbocycles. The van der Waals surface area contributed by atoms with E-state index in [1.165, 1.54) is 13.8 Å². The van der Waals surface area contributed by atoms with Crippen LogP contribution < -0.4 is 0 Å². The van der Waals surface area contributed by atoms with E-state index in [1.54, 1.807) is 0 Å². The maximum Gasteiger partial charge on any atom is 0.163 e. The van der Waals surface area contributed by atoms with Crippen LogP contribution in [0.2, 0.25) is 0 Å². The van der Waals surface area contributed by atoms with Gasteiger partial charge in [-0.2, -0.15) is 0 Å². The van der Waals surface area contributed by atoms with E-state index in [1.807, 2.05) is 26.0 Å². The van der Waals surface area contributed by atoms with Crippen molar-refractivity contribution < 1.29 is 24.0 Å². The predicted octanol–water partition coefficient (Wildman–Crippen LogP) is 5.99. The van der Waals surface area contributed by atoms with E-state index in [9.17, 15) is 24.0 Å². The first-order valence-corrected chi connectivity index (χ1v) is 13.2. The van der Waals surface area contributed by atoms with E-state index in [4.69, 9.17) is 0 Å². The largest absolute Gasteiger partial charge is 0.300 e. The van der Waals surface area contributed by atoms with Crippen LogP contribution >= 0.6 is 0 Å². The third-order valence-corrected chi connectivity index (χ3v) is 7.44. The van der Waals surface area contributed by atoms with Gasteiger partial charge in [0.2, 0.25) is 0 Å². The molecule has 5 heteroatoms. The van der Waals surface area contributed by atoms with Gasteiger partial charge >= 0.3 is 0 Å². The number of benzene rings is 1. The summed E-state index contributed by atoms with van der Waals surface area (Å²) in [6, 6.07) is 3.97. The topological polar surface area (TPSA) is 85.3 Å². The van der Waals surface area contributed by atoms with Gasteiger partial charge in [0.15, 0.2) is 5.78 Å². The summed E-state index contributed by atoms with van der Waals surface area (Å²) < 4.78 is 0. The Hall–Kier alpha value is -2.43. The van der Waals surface area contributed by atoms with Gasteiger partial charge in [0.25, 0.3) is 0 Å². The van der Waals surface area contributed by atoms with Gasteiger partial charge in [-0.15, -0.1) is 0 Å². The molecule has 1 aliphatic carbocycles. The molecule has 5 nitrogen and oxygen atoms in total. The van der Waals surface area contributed by atoms with Crippen LogP contribution in [-0.2, 0) is 32.0 Å². The number of hydrogen-bond donors (Lipinski definition) is 0. The van der Waals surface area contributed by atoms with Crippen LogP contribution in [-0.4, -0.2) is 28.9 Å². The number of hydrogen-bond acceptors (Lipinski definition) is 5. The first-order valence-electron chi connectivity index (χ1n) is 13.2. The van der Waals surface area contributed by atoms with Crippen molar-refractivity contribution in [1.29, 1.82) is 0 Å². The molecule has 0 saturated heterocycles. The van der Waals surface area contributed by atoms with Crippen LogP contribution in [0, 0.1) is 24.7 Å². The maximum atomic E-state index is 13.2. The van der Waals surface area contributed by atoms with Crippen molar-refractivity contribution in [2.75, 3.05) is 0 Å². The predicted molar refractivity (Wildman–Crippen MR) is 138 cm³/mol. The lowest BCUT2D eigenvalue weighted by molar-refractivity contribution is -0.130. The Balaban J connectivity index is 2.14. The fourth-order valence-corrected chi connectivity index (χ4v) is 5.79. The zero-order valence-corrected chi connectivity index (χ0v) is 22.2. The molecule has 0 fully saturated rings. The number of rotatable bonds is 15. The first-order chi connectivity index (χ1) is 16.6. The number of Topliss-reactive ketones (excluding diaryl/α,β-unsaturated/α-hetero) is 5. The summed E-state index contributed by atoms with van der Waals surface area (Å²) in [5, 5.41) is 0. The SMILES string of the molecule is CCCC(CC1CC(=O)c2c(ccc(CC(=O)CCCC(C)=O)c2C)C1)C(CC)C(=O)CC(C)=O. The Labute approximate surface area is 210 Å². The molecule has 192 valence electrons. The Morgan fingerprint density at radius 3 is 2.31 bits per heavy atom. The summed E-state index contributed by atoms with van der Waals surface area (Å²) in [6.45, 7) is 9.06. The standard InChI is InChI=1S/C30H42O5/c1-6-9-24(27(7-2)28(34)14-20(4)32)15-22-16-25-13-12-23(21(5)30(25)29(35)17-22)18-26(33)11-8-10-19(3)31/h12-13,22,24,27H,6-11,14-18H2,1-5H3. The lowest BCUT2D eigenvalue weighted by Gasteiger charge is -2.32. The highest BCUT2D eigenvalue weighted by molar-refractivity contribution is 6.01. The molecule has 2 rings (SSSR count). The number of ketones is 5. The lowest BCUT2D eigenvalue weighted by atomic mass is 9.72. The van der Waals surface area contributed by atoms with Gasteiger partial charge in [0, 0.05) is 37.2 Å². The van der Waals surface area contributed by atoms with E-state index in [-0.39, 0.29) is 53.1 Å². The van der Waals surface area contributed by atoms with E-state index in [0.29, 0.717) is 32.1 Å². The first kappa shape index (κ1) is 28.8. The lowest BCUT2D eigenvalue weighted by Crippen LogP contribution is -2.30. The van der Waals surface area contributed by atoms with Gasteiger partial charge in [-0.1, -0.05) is 38.8 Å². The maximum absolute atomic E-state index is 13.2. The Morgan fingerprint density at radius 1 is 1.00 bits per heavy atom. The molecule has 35 heavy (non-hydrogen) atoms. The van der Waals surface area contributed by atoms with E-state index in [0.717, 1.165) is 54.4 Å². The van der Waals surface area contributed by atoms with Gasteiger partial charge < -0.3 is 4.79 Å². The molecule has 0 heterocycles. The monoisotopic (exact) mass is 482 g/mol. The van der Waals surface area contributed by atoms with Gasteiger partial charge in [-0.05, 0) is 75.0 Å². The Bertz CT molecular complexity index is 958. The normalized spacial score (nSPS) is 16.9. The molecular formula is C30H42O5. The smallest absolute Gasteiger partial charge is 0.163 e. The van der Waals surface area contributed by atoms with Crippen LogP contribution in [0.25, 0.3) is 0 Å². The summed E-state index contributed by atoms with van der Waals surface area (Å²) in [6.07, 6.45) is 6.35. The Morgan fingerprint density at radius 2 is 1.71 bits per heavy atom. The van der Waals surface area contributed by atoms with Crippen LogP contribution in [0.3, 0.4) is 0 Å². The minimum Gasteiger partial charge on any atom is -0.300 e. The molecule has 0 aromatic heterocycles. The number of carbonyl (C=O) groups excluding carboxylic acids is 5. The van der Waals surface area contributed by atoms with E-state index < -0.39 is 0 Å². The molecule has 0 N–H and O–H groups in total. The van der Waals surface area contributed by atoms with Gasteiger partial charge in [-0.3, -0.25) is 19.2 Å². The fourth-order valence-electron chi connectivity index (χ4n) is 5.79. The Kier molecular flexibility index (Phi) is 11.2. The molecule has 0 spiro atoms. The van der Waals surface area contributed by atoms with Gasteiger partial charge in [-0.25, -0.2) is 0 Å². The summed E-state index contributed by atoms with van der Waals surface area (Å²) in [7, 11) is 0. The van der Waals surface area contributed by atoms with Crippen LogP contribution in [0.15, 0.2) is 12.1 Å². The van der Waals surface area contributed by atoms with Crippen molar-refractivity contribution in [3.63, 3.8) is 0 Å². The second kappa shape index (κ2) is 13.6. The zero-order chi connectivity index (χ0) is 26.1. The average Bonchev–Trinajstić information content (AvgIpc) is 2.75. The molecule has 0 amide bonds. The molecular weight excluding hydrogens is 440 g/mol. The van der Waals surface area contributed by atoms with Crippen molar-refractivity contribution in [2.24, 2.45) is 17.8 Å². The number of carbonyl (C=O) groups is 5. The third-order valence-electron chi connectivity index (χ3n) is 7.44. The van der Waals surface area contributed by atoms with Crippen molar-refractivity contribution in [3.05, 3.63) is 34.4 Å². The minimum atomic E-state index is -0.131. The molecule has 3 unspecified atom stereocenters. The highest BCUT2D eigenvalue weighted by atomic mass is 16.2. The van der Waals surface area contributed by atoms with E-state index in [2.05, 4.69) is 6.92 Å². The van der Waals surface area contributed by atoms with Crippen LogP contribution in [0.1, 0.15) is 113 Å². The summed E-state index contributed by atoms with van der Waals surface area (Å²) >= 11 is 0. The van der Waals surface area contributed by atoms with Gasteiger partial charge in [0.05, 0.1) is 6.42 Å². The van der Waals surface area contributed by atoms with Crippen LogP contribution in [0.5, 0.6) is 0 Å². The second-order valence-electron chi connectivity index (χ2n) is 10.5. The molecule has 0 bridgehead atoms. The molecule has 1 aromatic carbocycles. The summed E-state index contributed by atoms with van der Waals surface area (Å²) in [5.41, 5.74) is 3.60. The highest BCUT2D eigenvalue weighted by Gasteiger charge is 2.33. The van der Waals surface area contributed by atoms with E-state index >= 15 is 0 Å². The van der Waals surface area contributed by atoms with Crippen LogP contribution in [0.4, 0.5) is 0 Å². The average molecular weight is 483 g/mol. The minimum absolute atomic E-state index is 0.000591. The molecule has 3 atom stereocenters. The summed E-state index contributed by atoms with van der Waals surface area (Å²) in [5.74, 6) is 0.500. The van der Waals surface area contributed by atoms with Crippen molar-refractivity contribution >= 4 is 28.9 Å². The molecule has 1 aliphatic rings. The fraction of sp³-hybridized carbons (Fsp3) is 0.633. The van der Waals surface area contributed by atoms with Crippen molar-refractivity contribution in [3.8, 4) is 0 Å². The quantitative estimate of drug-likeness (QED) is 0.287. The van der Waals surface area contributed by atoms with Crippen molar-refractivity contribution in [2.45, 2.75) is 105 Å². The van der Waals surface area contributed by atoms with Crippen molar-refractivity contribution in [1.82, 2.24) is 0 Å². The van der Waals surface area contributed by atoms with Gasteiger partial charge in [0.1, 0.15) is 23.1 Å². The molecule has 0 radical (unpaired) electrons. The third kappa shape index (κ3) is 8.33. The summed E-state index contributed by atoms with van der Waals surface area (Å²) in [4.78, 5) is 61.0. The number of fused-ring (bicyclic) bond motifs is 1. The molecule has 1 aromatic rings. The zero-order valence-electron chi connectivity index (χ0n) is 22.2. The molecule has 0 aliphatic heterocycles. The second-order valence-corrected chi connectivity index (χ2v) is 10.5.